The second kappa shape index (κ2) is 6.69. The highest BCUT2D eigenvalue weighted by atomic mass is 16.5. The molecule has 0 saturated heterocycles. The minimum absolute atomic E-state index is 0.436. The lowest BCUT2D eigenvalue weighted by Gasteiger charge is -2.27. The van der Waals surface area contributed by atoms with E-state index in [9.17, 15) is 4.79 Å². The number of hydrogen-bond donors (Lipinski definition) is 1. The molecule has 0 aromatic rings. The van der Waals surface area contributed by atoms with Crippen LogP contribution in [0.5, 0.6) is 0 Å². The Morgan fingerprint density at radius 3 is 2.50 bits per heavy atom. The molecule has 0 radical (unpaired) electrons. The fourth-order valence-electron chi connectivity index (χ4n) is 2.20. The van der Waals surface area contributed by atoms with Gasteiger partial charge < -0.3 is 9.84 Å². The van der Waals surface area contributed by atoms with Crippen LogP contribution in [-0.2, 0) is 9.53 Å². The zero-order chi connectivity index (χ0) is 12.0. The summed E-state index contributed by atoms with van der Waals surface area (Å²) >= 11 is 0. The van der Waals surface area contributed by atoms with Gasteiger partial charge in [-0.15, -0.1) is 0 Å². The summed E-state index contributed by atoms with van der Waals surface area (Å²) < 4.78 is 5.59. The van der Waals surface area contributed by atoms with E-state index < -0.39 is 5.97 Å². The molecular weight excluding hydrogens is 204 g/mol. The Kier molecular flexibility index (Phi) is 5.53. The standard InChI is InChI=1S/C13H22O3/c1-3-16-12-8-6-11(7-9-12)5-4-10(2)13(14)15/h4,11-12H,3,5-9H2,1-2H3,(H,14,15). The molecule has 0 heterocycles. The highest BCUT2D eigenvalue weighted by molar-refractivity contribution is 5.85. The van der Waals surface area contributed by atoms with Crippen LogP contribution in [0.2, 0.25) is 0 Å². The van der Waals surface area contributed by atoms with Crippen molar-refractivity contribution in [1.82, 2.24) is 0 Å². The molecule has 0 atom stereocenters. The van der Waals surface area contributed by atoms with Gasteiger partial charge in [0.1, 0.15) is 0 Å². The molecule has 16 heavy (non-hydrogen) atoms. The number of hydrogen-bond acceptors (Lipinski definition) is 2. The van der Waals surface area contributed by atoms with Crippen molar-refractivity contribution in [3.63, 3.8) is 0 Å². The highest BCUT2D eigenvalue weighted by Gasteiger charge is 2.20. The van der Waals surface area contributed by atoms with Crippen LogP contribution in [0.3, 0.4) is 0 Å². The smallest absolute Gasteiger partial charge is 0.330 e. The largest absolute Gasteiger partial charge is 0.478 e. The van der Waals surface area contributed by atoms with Crippen LogP contribution in [-0.4, -0.2) is 23.8 Å². The van der Waals surface area contributed by atoms with Crippen LogP contribution in [0.25, 0.3) is 0 Å². The summed E-state index contributed by atoms with van der Waals surface area (Å²) in [5, 5.41) is 8.74. The number of carboxylic acid groups (broad SMARTS) is 1. The molecule has 0 spiro atoms. The summed E-state index contributed by atoms with van der Waals surface area (Å²) in [6.45, 7) is 4.49. The Bertz CT molecular complexity index is 250. The Hall–Kier alpha value is -0.830. The SMILES string of the molecule is CCOC1CCC(CC=C(C)C(=O)O)CC1. The average molecular weight is 226 g/mol. The lowest BCUT2D eigenvalue weighted by molar-refractivity contribution is -0.132. The number of carbonyl (C=O) groups is 1. The van der Waals surface area contributed by atoms with E-state index >= 15 is 0 Å². The maximum atomic E-state index is 10.6. The fourth-order valence-corrected chi connectivity index (χ4v) is 2.20. The van der Waals surface area contributed by atoms with Gasteiger partial charge in [-0.05, 0) is 51.9 Å². The van der Waals surface area contributed by atoms with Gasteiger partial charge >= 0.3 is 5.97 Å². The van der Waals surface area contributed by atoms with Gasteiger partial charge in [-0.3, -0.25) is 0 Å². The lowest BCUT2D eigenvalue weighted by atomic mass is 9.85. The summed E-state index contributed by atoms with van der Waals surface area (Å²) in [6, 6.07) is 0. The van der Waals surface area contributed by atoms with E-state index in [-0.39, 0.29) is 0 Å². The molecule has 0 unspecified atom stereocenters. The molecule has 0 aromatic carbocycles. The van der Waals surface area contributed by atoms with E-state index in [4.69, 9.17) is 9.84 Å². The molecule has 0 aromatic heterocycles. The Labute approximate surface area is 97.5 Å². The van der Waals surface area contributed by atoms with Crippen LogP contribution in [0.1, 0.15) is 46.0 Å². The molecule has 1 saturated carbocycles. The van der Waals surface area contributed by atoms with Crippen molar-refractivity contribution in [2.24, 2.45) is 5.92 Å². The maximum Gasteiger partial charge on any atom is 0.330 e. The third kappa shape index (κ3) is 4.35. The molecule has 0 bridgehead atoms. The molecule has 3 nitrogen and oxygen atoms in total. The third-order valence-electron chi connectivity index (χ3n) is 3.29. The Morgan fingerprint density at radius 2 is 2.00 bits per heavy atom. The summed E-state index contributed by atoms with van der Waals surface area (Å²) in [5.41, 5.74) is 0.465. The summed E-state index contributed by atoms with van der Waals surface area (Å²) in [4.78, 5) is 10.6. The molecule has 1 rings (SSSR count). The van der Waals surface area contributed by atoms with Crippen molar-refractivity contribution in [2.75, 3.05) is 6.61 Å². The van der Waals surface area contributed by atoms with E-state index in [0.717, 1.165) is 38.7 Å². The van der Waals surface area contributed by atoms with Crippen molar-refractivity contribution in [2.45, 2.75) is 52.1 Å². The zero-order valence-corrected chi connectivity index (χ0v) is 10.2. The Morgan fingerprint density at radius 1 is 1.38 bits per heavy atom. The molecule has 1 aliphatic rings. The van der Waals surface area contributed by atoms with Gasteiger partial charge in [-0.1, -0.05) is 6.08 Å². The van der Waals surface area contributed by atoms with Gasteiger partial charge in [-0.2, -0.15) is 0 Å². The van der Waals surface area contributed by atoms with Gasteiger partial charge in [0.15, 0.2) is 0 Å². The zero-order valence-electron chi connectivity index (χ0n) is 10.2. The van der Waals surface area contributed by atoms with Gasteiger partial charge in [-0.25, -0.2) is 4.79 Å². The maximum absolute atomic E-state index is 10.6. The monoisotopic (exact) mass is 226 g/mol. The summed E-state index contributed by atoms with van der Waals surface area (Å²) in [7, 11) is 0. The first-order valence-corrected chi connectivity index (χ1v) is 6.15. The predicted molar refractivity (Wildman–Crippen MR) is 63.4 cm³/mol. The number of allylic oxidation sites excluding steroid dienone is 1. The van der Waals surface area contributed by atoms with Gasteiger partial charge in [0, 0.05) is 12.2 Å². The molecular formula is C13H22O3. The highest BCUT2D eigenvalue weighted by Crippen LogP contribution is 2.29. The molecule has 1 N–H and O–H groups in total. The third-order valence-corrected chi connectivity index (χ3v) is 3.29. The minimum Gasteiger partial charge on any atom is -0.478 e. The van der Waals surface area contributed by atoms with E-state index in [1.165, 1.54) is 0 Å². The van der Waals surface area contributed by atoms with Crippen molar-refractivity contribution in [3.8, 4) is 0 Å². The summed E-state index contributed by atoms with van der Waals surface area (Å²) in [5.74, 6) is -0.158. The van der Waals surface area contributed by atoms with E-state index in [1.54, 1.807) is 6.92 Å². The summed E-state index contributed by atoms with van der Waals surface area (Å²) in [6.07, 6.45) is 7.76. The van der Waals surface area contributed by atoms with Crippen molar-refractivity contribution in [3.05, 3.63) is 11.6 Å². The average Bonchev–Trinajstić information content (AvgIpc) is 2.28. The molecule has 1 fully saturated rings. The molecule has 0 amide bonds. The quantitative estimate of drug-likeness (QED) is 0.733. The topological polar surface area (TPSA) is 46.5 Å². The van der Waals surface area contributed by atoms with E-state index in [1.807, 2.05) is 13.0 Å². The van der Waals surface area contributed by atoms with Crippen LogP contribution in [0, 0.1) is 5.92 Å². The van der Waals surface area contributed by atoms with E-state index in [0.29, 0.717) is 17.6 Å². The van der Waals surface area contributed by atoms with Crippen molar-refractivity contribution >= 4 is 5.97 Å². The second-order valence-corrected chi connectivity index (χ2v) is 4.53. The van der Waals surface area contributed by atoms with Gasteiger partial charge in [0.2, 0.25) is 0 Å². The van der Waals surface area contributed by atoms with Crippen LogP contribution >= 0.6 is 0 Å². The normalized spacial score (nSPS) is 26.8. The van der Waals surface area contributed by atoms with Gasteiger partial charge in [0.25, 0.3) is 0 Å². The number of aliphatic carboxylic acids is 1. The van der Waals surface area contributed by atoms with Crippen molar-refractivity contribution < 1.29 is 14.6 Å². The molecule has 1 aliphatic carbocycles. The number of rotatable bonds is 5. The minimum atomic E-state index is -0.803. The molecule has 3 heteroatoms. The van der Waals surface area contributed by atoms with Crippen LogP contribution < -0.4 is 0 Å². The molecule has 0 aliphatic heterocycles. The lowest BCUT2D eigenvalue weighted by Crippen LogP contribution is -2.21. The van der Waals surface area contributed by atoms with E-state index in [2.05, 4.69) is 0 Å². The molecule has 92 valence electrons. The fraction of sp³-hybridized carbons (Fsp3) is 0.769. The van der Waals surface area contributed by atoms with Crippen LogP contribution in [0.15, 0.2) is 11.6 Å². The number of carboxylic acids is 1. The first-order chi connectivity index (χ1) is 7.63. The predicted octanol–water partition coefficient (Wildman–Crippen LogP) is 3.00. The van der Waals surface area contributed by atoms with Crippen LogP contribution in [0.4, 0.5) is 0 Å². The van der Waals surface area contributed by atoms with Gasteiger partial charge in [0.05, 0.1) is 6.10 Å². The second-order valence-electron chi connectivity index (χ2n) is 4.53. The Balaban J connectivity index is 2.27. The first kappa shape index (κ1) is 13.2. The first-order valence-electron chi connectivity index (χ1n) is 6.15. The number of ether oxygens (including phenoxy) is 1. The van der Waals surface area contributed by atoms with Crippen molar-refractivity contribution in [1.29, 1.82) is 0 Å².